The molecule has 0 spiro atoms. The lowest BCUT2D eigenvalue weighted by atomic mass is 10.1. The van der Waals surface area contributed by atoms with Gasteiger partial charge in [-0.05, 0) is 37.0 Å². The number of pyridine rings is 1. The van der Waals surface area contributed by atoms with Gasteiger partial charge in [0.25, 0.3) is 9.84 Å². The zero-order chi connectivity index (χ0) is 12.9. The van der Waals surface area contributed by atoms with Gasteiger partial charge in [-0.3, -0.25) is 4.79 Å². The second-order valence-electron chi connectivity index (χ2n) is 3.56. The Morgan fingerprint density at radius 3 is 2.82 bits per heavy atom. The number of carbonyl (C=O) groups excluding carboxylic acids is 1. The van der Waals surface area contributed by atoms with E-state index in [0.29, 0.717) is 0 Å². The zero-order valence-corrected chi connectivity index (χ0v) is 10.4. The number of carbonyl (C=O) groups is 1. The Morgan fingerprint density at radius 1 is 1.53 bits per heavy atom. The molecule has 1 heterocycles. The molecule has 93 valence electrons. The molecule has 0 unspecified atom stereocenters. The van der Waals surface area contributed by atoms with Crippen molar-refractivity contribution < 1.29 is 13.2 Å². The van der Waals surface area contributed by atoms with Gasteiger partial charge < -0.3 is 5.73 Å². The number of rotatable bonds is 5. The van der Waals surface area contributed by atoms with Crippen LogP contribution in [0.4, 0.5) is 4.79 Å². The quantitative estimate of drug-likeness (QED) is 0.807. The minimum absolute atomic E-state index is 0.279. The Kier molecular flexibility index (Phi) is 4.62. The number of aryl methyl sites for hydroxylation is 1. The van der Waals surface area contributed by atoms with Crippen molar-refractivity contribution in [2.75, 3.05) is 0 Å². The van der Waals surface area contributed by atoms with Gasteiger partial charge in [-0.15, -0.1) is 0 Å². The molecule has 1 aromatic rings. The van der Waals surface area contributed by atoms with E-state index >= 15 is 0 Å². The monoisotopic (exact) mass is 255 g/mol. The summed E-state index contributed by atoms with van der Waals surface area (Å²) in [5.74, 6) is 0. The third kappa shape index (κ3) is 3.52. The van der Waals surface area contributed by atoms with Crippen LogP contribution in [0.1, 0.15) is 25.3 Å². The van der Waals surface area contributed by atoms with Gasteiger partial charge in [0.05, 0.1) is 0 Å². The van der Waals surface area contributed by atoms with Crippen LogP contribution in [-0.4, -0.2) is 18.6 Å². The standard InChI is InChI=1S/C11H15N2O3S/c1-2-3-4-5-9-6-7-13-10(8-9)17(15,16)11(12)14/h3,6-8H,2,4-5H2,1H3,(H2,12,14). The van der Waals surface area contributed by atoms with Gasteiger partial charge in [0.15, 0.2) is 5.03 Å². The topological polar surface area (TPSA) is 90.1 Å². The van der Waals surface area contributed by atoms with E-state index in [0.717, 1.165) is 24.8 Å². The van der Waals surface area contributed by atoms with Gasteiger partial charge in [-0.1, -0.05) is 13.3 Å². The van der Waals surface area contributed by atoms with Crippen LogP contribution in [0.3, 0.4) is 0 Å². The zero-order valence-electron chi connectivity index (χ0n) is 9.59. The van der Waals surface area contributed by atoms with E-state index in [1.165, 1.54) is 12.3 Å². The van der Waals surface area contributed by atoms with E-state index in [1.807, 2.05) is 6.92 Å². The SMILES string of the molecule is CC[CH]CCc1ccnc(S(=O)(=O)C(N)=O)c1. The third-order valence-corrected chi connectivity index (χ3v) is 3.57. The van der Waals surface area contributed by atoms with Crippen molar-refractivity contribution in [3.8, 4) is 0 Å². The Labute approximate surface area is 101 Å². The fourth-order valence-electron chi connectivity index (χ4n) is 1.33. The van der Waals surface area contributed by atoms with Gasteiger partial charge in [-0.2, -0.15) is 0 Å². The number of nitrogens with two attached hydrogens (primary N) is 1. The highest BCUT2D eigenvalue weighted by Crippen LogP contribution is 2.12. The van der Waals surface area contributed by atoms with E-state index < -0.39 is 15.1 Å². The molecule has 1 amide bonds. The van der Waals surface area contributed by atoms with Gasteiger partial charge in [0.2, 0.25) is 0 Å². The molecule has 1 aromatic heterocycles. The number of hydrogen-bond donors (Lipinski definition) is 1. The van der Waals surface area contributed by atoms with Crippen molar-refractivity contribution in [1.82, 2.24) is 4.98 Å². The molecule has 17 heavy (non-hydrogen) atoms. The molecule has 0 aliphatic rings. The molecule has 1 rings (SSSR count). The fraction of sp³-hybridized carbons (Fsp3) is 0.364. The summed E-state index contributed by atoms with van der Waals surface area (Å²) in [6.45, 7) is 2.04. The van der Waals surface area contributed by atoms with Crippen LogP contribution < -0.4 is 5.73 Å². The van der Waals surface area contributed by atoms with Crippen LogP contribution in [0.25, 0.3) is 0 Å². The maximum atomic E-state index is 11.5. The number of sulfone groups is 1. The average Bonchev–Trinajstić information content (AvgIpc) is 2.29. The number of primary amides is 1. The molecule has 0 aliphatic heterocycles. The van der Waals surface area contributed by atoms with Crippen molar-refractivity contribution in [2.24, 2.45) is 5.73 Å². The van der Waals surface area contributed by atoms with Crippen LogP contribution >= 0.6 is 0 Å². The summed E-state index contributed by atoms with van der Waals surface area (Å²) >= 11 is 0. The minimum Gasteiger partial charge on any atom is -0.356 e. The normalized spacial score (nSPS) is 11.4. The summed E-state index contributed by atoms with van der Waals surface area (Å²) in [6.07, 6.45) is 6.02. The van der Waals surface area contributed by atoms with Gasteiger partial charge in [-0.25, -0.2) is 13.4 Å². The number of amides is 1. The van der Waals surface area contributed by atoms with Crippen LogP contribution in [-0.2, 0) is 16.3 Å². The first-order valence-corrected chi connectivity index (χ1v) is 6.78. The highest BCUT2D eigenvalue weighted by atomic mass is 32.2. The lowest BCUT2D eigenvalue weighted by Crippen LogP contribution is -2.22. The molecule has 6 heteroatoms. The minimum atomic E-state index is -4.11. The first kappa shape index (κ1) is 13.6. The first-order valence-electron chi connectivity index (χ1n) is 5.29. The van der Waals surface area contributed by atoms with Crippen LogP contribution in [0.15, 0.2) is 23.4 Å². The van der Waals surface area contributed by atoms with Crippen LogP contribution in [0, 0.1) is 6.42 Å². The van der Waals surface area contributed by atoms with Gasteiger partial charge in [0.1, 0.15) is 0 Å². The second kappa shape index (κ2) is 5.77. The van der Waals surface area contributed by atoms with Crippen LogP contribution in [0.2, 0.25) is 0 Å². The number of unbranched alkanes of at least 4 members (excludes halogenated alkanes) is 2. The summed E-state index contributed by atoms with van der Waals surface area (Å²) < 4.78 is 22.9. The molecule has 5 nitrogen and oxygen atoms in total. The Hall–Kier alpha value is -1.43. The Bertz CT molecular complexity index is 497. The number of aromatic nitrogens is 1. The van der Waals surface area contributed by atoms with E-state index in [-0.39, 0.29) is 5.03 Å². The molecule has 0 bridgehead atoms. The molecular formula is C11H15N2O3S. The fourth-order valence-corrected chi connectivity index (χ4v) is 2.04. The summed E-state index contributed by atoms with van der Waals surface area (Å²) in [5, 5.41) is -1.65. The van der Waals surface area contributed by atoms with Crippen molar-refractivity contribution >= 4 is 15.1 Å². The summed E-state index contributed by atoms with van der Waals surface area (Å²) in [6, 6.07) is 3.12. The largest absolute Gasteiger partial charge is 0.356 e. The van der Waals surface area contributed by atoms with E-state index in [1.54, 1.807) is 6.07 Å². The first-order chi connectivity index (χ1) is 7.98. The predicted octanol–water partition coefficient (Wildman–Crippen LogP) is 1.48. The van der Waals surface area contributed by atoms with Crippen LogP contribution in [0.5, 0.6) is 0 Å². The van der Waals surface area contributed by atoms with Crippen molar-refractivity contribution in [2.45, 2.75) is 31.2 Å². The lowest BCUT2D eigenvalue weighted by Gasteiger charge is -2.03. The molecule has 2 N–H and O–H groups in total. The molecule has 0 fully saturated rings. The van der Waals surface area contributed by atoms with E-state index in [2.05, 4.69) is 11.4 Å². The van der Waals surface area contributed by atoms with E-state index in [4.69, 9.17) is 5.73 Å². The summed E-state index contributed by atoms with van der Waals surface area (Å²) in [5.41, 5.74) is 5.62. The van der Waals surface area contributed by atoms with Gasteiger partial charge in [0, 0.05) is 6.20 Å². The Morgan fingerprint density at radius 2 is 2.24 bits per heavy atom. The highest BCUT2D eigenvalue weighted by molar-refractivity contribution is 8.05. The maximum Gasteiger partial charge on any atom is 0.340 e. The van der Waals surface area contributed by atoms with Crippen molar-refractivity contribution in [1.29, 1.82) is 0 Å². The highest BCUT2D eigenvalue weighted by Gasteiger charge is 2.23. The van der Waals surface area contributed by atoms with Crippen molar-refractivity contribution in [3.05, 3.63) is 30.3 Å². The maximum absolute atomic E-state index is 11.5. The van der Waals surface area contributed by atoms with Crippen molar-refractivity contribution in [3.63, 3.8) is 0 Å². The summed E-state index contributed by atoms with van der Waals surface area (Å²) in [7, 11) is -4.11. The molecular weight excluding hydrogens is 240 g/mol. The second-order valence-corrected chi connectivity index (χ2v) is 5.39. The lowest BCUT2D eigenvalue weighted by molar-refractivity contribution is 0.265. The molecule has 0 aliphatic carbocycles. The van der Waals surface area contributed by atoms with E-state index in [9.17, 15) is 13.2 Å². The smallest absolute Gasteiger partial charge is 0.340 e. The molecule has 1 radical (unpaired) electrons. The number of nitrogens with zero attached hydrogens (tertiary/aromatic N) is 1. The third-order valence-electron chi connectivity index (χ3n) is 2.27. The molecule has 0 saturated heterocycles. The molecule has 0 atom stereocenters. The average molecular weight is 255 g/mol. The Balaban J connectivity index is 2.90. The summed E-state index contributed by atoms with van der Waals surface area (Å²) in [4.78, 5) is 14.4. The van der Waals surface area contributed by atoms with Gasteiger partial charge >= 0.3 is 5.24 Å². The predicted molar refractivity (Wildman–Crippen MR) is 63.9 cm³/mol. The number of hydrogen-bond acceptors (Lipinski definition) is 4. The molecule has 0 saturated carbocycles. The molecule has 0 aromatic carbocycles.